The van der Waals surface area contributed by atoms with Gasteiger partial charge in [-0.3, -0.25) is 18.6 Å². The Balaban J connectivity index is 0. The molecule has 0 aliphatic rings. The summed E-state index contributed by atoms with van der Waals surface area (Å²) in [7, 11) is -10.3. The molecule has 20 nitrogen and oxygen atoms in total. The van der Waals surface area contributed by atoms with Crippen LogP contribution in [-0.2, 0) is 27.8 Å². The largest absolute Gasteiger partial charge is 0.470 e. The van der Waals surface area contributed by atoms with Gasteiger partial charge >= 0.3 is 15.6 Å². The van der Waals surface area contributed by atoms with Crippen molar-refractivity contribution in [1.82, 2.24) is 9.80 Å². The summed E-state index contributed by atoms with van der Waals surface area (Å²) in [6, 6.07) is 0. The third-order valence-corrected chi connectivity index (χ3v) is 9.46. The molecule has 332 valence electrons. The van der Waals surface area contributed by atoms with Crippen LogP contribution >= 0.6 is 15.6 Å². The topological polar surface area (TPSA) is 336 Å². The van der Waals surface area contributed by atoms with E-state index >= 15 is 0 Å². The molecule has 22 heteroatoms. The molecule has 0 aromatic heterocycles. The van der Waals surface area contributed by atoms with E-state index in [1.165, 1.54) is 16.2 Å². The molecule has 0 radical (unpaired) electrons. The molecule has 0 unspecified atom stereocenters. The Labute approximate surface area is 329 Å². The fourth-order valence-corrected chi connectivity index (χ4v) is 6.17. The summed E-state index contributed by atoms with van der Waals surface area (Å²) in [5.41, 5.74) is 0. The van der Waals surface area contributed by atoms with Crippen LogP contribution in [0.25, 0.3) is 0 Å². The maximum absolute atomic E-state index is 12.1. The number of phosphoric ester groups is 2. The Hall–Kier alpha value is -1.68. The lowest BCUT2D eigenvalue weighted by atomic mass is 10.0. The van der Waals surface area contributed by atoms with E-state index in [0.717, 1.165) is 76.4 Å². The molecular weight excluding hydrogens is 786 g/mol. The summed E-state index contributed by atoms with van der Waals surface area (Å²) in [6.07, 6.45) is -0.624. The first-order valence-electron chi connectivity index (χ1n) is 18.7. The molecule has 0 heterocycles. The smallest absolute Gasteiger partial charge is 0.394 e. The van der Waals surface area contributed by atoms with Crippen molar-refractivity contribution in [3.63, 3.8) is 0 Å². The van der Waals surface area contributed by atoms with Crippen LogP contribution in [0, 0.1) is 0 Å². The van der Waals surface area contributed by atoms with Crippen LogP contribution < -0.4 is 0 Å². The van der Waals surface area contributed by atoms with Crippen molar-refractivity contribution in [2.45, 2.75) is 140 Å². The number of carbonyl (C=O) groups is 2. The highest BCUT2D eigenvalue weighted by Gasteiger charge is 2.39. The number of aliphatic hydroxyl groups is 8. The van der Waals surface area contributed by atoms with Gasteiger partial charge in [0.05, 0.1) is 13.2 Å². The Kier molecular flexibility index (Phi) is 31.5. The molecule has 0 rings (SSSR count). The zero-order valence-electron chi connectivity index (χ0n) is 32.5. The van der Waals surface area contributed by atoms with Gasteiger partial charge in [-0.2, -0.15) is 0 Å². The summed E-state index contributed by atoms with van der Waals surface area (Å²) in [5, 5.41) is 78.1. The highest BCUT2D eigenvalue weighted by atomic mass is 31.2. The van der Waals surface area contributed by atoms with Gasteiger partial charge in [-0.25, -0.2) is 9.13 Å². The van der Waals surface area contributed by atoms with E-state index in [4.69, 9.17) is 24.7 Å². The molecule has 8 atom stereocenters. The first-order chi connectivity index (χ1) is 26.1. The molecule has 0 aliphatic heterocycles. The minimum absolute atomic E-state index is 0.184. The van der Waals surface area contributed by atoms with Gasteiger partial charge in [0.1, 0.15) is 48.8 Å². The SMILES string of the molecule is C=CC(=O)N(CCCCCCCC)C[C@H](O)[C@@H](O)[C@H](O)[C@H](O)CO.C=CC(=O)N(CCCCCCCC)C[C@H](O)[C@@H](O)[C@H](OP(=O)(O)O)[C@H](O)COP(=O)(O)O. The fraction of sp³-hybridized carbons (Fsp3) is 0.824. The second-order valence-corrected chi connectivity index (χ2v) is 15.7. The number of hydrogen-bond donors (Lipinski definition) is 12. The van der Waals surface area contributed by atoms with Gasteiger partial charge < -0.3 is 70.2 Å². The van der Waals surface area contributed by atoms with E-state index in [2.05, 4.69) is 36.1 Å². The first kappa shape index (κ1) is 56.4. The molecule has 0 saturated carbocycles. The van der Waals surface area contributed by atoms with Gasteiger partial charge in [-0.15, -0.1) is 0 Å². The van der Waals surface area contributed by atoms with E-state index in [-0.39, 0.29) is 19.0 Å². The van der Waals surface area contributed by atoms with Crippen molar-refractivity contribution in [3.05, 3.63) is 25.3 Å². The third-order valence-electron chi connectivity index (χ3n) is 8.46. The predicted octanol–water partition coefficient (Wildman–Crippen LogP) is -0.171. The minimum Gasteiger partial charge on any atom is -0.394 e. The van der Waals surface area contributed by atoms with Crippen molar-refractivity contribution >= 4 is 27.5 Å². The first-order valence-corrected chi connectivity index (χ1v) is 21.8. The van der Waals surface area contributed by atoms with Crippen LogP contribution in [0.4, 0.5) is 0 Å². The van der Waals surface area contributed by atoms with E-state index in [0.29, 0.717) is 13.0 Å². The van der Waals surface area contributed by atoms with Crippen molar-refractivity contribution in [2.75, 3.05) is 39.4 Å². The average molecular weight is 855 g/mol. The number of carbonyl (C=O) groups excluding carboxylic acids is 2. The molecule has 0 bridgehead atoms. The van der Waals surface area contributed by atoms with Crippen molar-refractivity contribution < 1.29 is 88.2 Å². The van der Waals surface area contributed by atoms with Gasteiger partial charge in [0.25, 0.3) is 0 Å². The Morgan fingerprint density at radius 2 is 0.964 bits per heavy atom. The fourth-order valence-electron chi connectivity index (χ4n) is 5.24. The Bertz CT molecular complexity index is 1170. The third kappa shape index (κ3) is 27.1. The molecule has 0 aromatic carbocycles. The second-order valence-electron chi connectivity index (χ2n) is 13.3. The van der Waals surface area contributed by atoms with Crippen LogP contribution in [0.1, 0.15) is 90.9 Å². The lowest BCUT2D eigenvalue weighted by Gasteiger charge is -2.32. The molecule has 0 aromatic rings. The number of amides is 2. The quantitative estimate of drug-likeness (QED) is 0.0237. The van der Waals surface area contributed by atoms with E-state index in [9.17, 15) is 54.5 Å². The molecular formula is C34H68N2O18P2. The number of phosphoric acid groups is 2. The van der Waals surface area contributed by atoms with Crippen LogP contribution in [0.2, 0.25) is 0 Å². The number of unbranched alkanes of at least 4 members (excludes halogenated alkanes) is 10. The zero-order valence-corrected chi connectivity index (χ0v) is 34.3. The van der Waals surface area contributed by atoms with Crippen LogP contribution in [0.5, 0.6) is 0 Å². The lowest BCUT2D eigenvalue weighted by Crippen LogP contribution is -2.51. The highest BCUT2D eigenvalue weighted by Crippen LogP contribution is 2.41. The minimum atomic E-state index is -5.30. The maximum Gasteiger partial charge on any atom is 0.470 e. The van der Waals surface area contributed by atoms with Gasteiger partial charge in [0, 0.05) is 26.2 Å². The van der Waals surface area contributed by atoms with Crippen LogP contribution in [0.15, 0.2) is 25.3 Å². The van der Waals surface area contributed by atoms with E-state index in [1.807, 2.05) is 0 Å². The number of hydrogen-bond acceptors (Lipinski definition) is 14. The summed E-state index contributed by atoms with van der Waals surface area (Å²) in [5.74, 6) is -0.922. The summed E-state index contributed by atoms with van der Waals surface area (Å²) in [6.45, 7) is 9.08. The molecule has 0 spiro atoms. The summed E-state index contributed by atoms with van der Waals surface area (Å²) >= 11 is 0. The maximum atomic E-state index is 12.1. The zero-order chi connectivity index (χ0) is 43.5. The van der Waals surface area contributed by atoms with Gasteiger partial charge in [-0.1, -0.05) is 91.2 Å². The van der Waals surface area contributed by atoms with E-state index < -0.39 is 90.1 Å². The van der Waals surface area contributed by atoms with Crippen molar-refractivity contribution in [1.29, 1.82) is 0 Å². The number of nitrogens with zero attached hydrogens (tertiary/aromatic N) is 2. The molecule has 56 heavy (non-hydrogen) atoms. The van der Waals surface area contributed by atoms with Crippen molar-refractivity contribution in [3.8, 4) is 0 Å². The number of rotatable bonds is 32. The second kappa shape index (κ2) is 31.3. The average Bonchev–Trinajstić information content (AvgIpc) is 3.15. The van der Waals surface area contributed by atoms with Gasteiger partial charge in [-0.05, 0) is 25.0 Å². The molecule has 2 amide bonds. The molecule has 0 fully saturated rings. The molecule has 0 saturated heterocycles. The Morgan fingerprint density at radius 1 is 0.589 bits per heavy atom. The van der Waals surface area contributed by atoms with E-state index in [1.54, 1.807) is 0 Å². The monoisotopic (exact) mass is 854 g/mol. The predicted molar refractivity (Wildman–Crippen MR) is 204 cm³/mol. The summed E-state index contributed by atoms with van der Waals surface area (Å²) < 4.78 is 30.3. The van der Waals surface area contributed by atoms with Gasteiger partial charge in [0.15, 0.2) is 0 Å². The normalized spacial score (nSPS) is 16.2. The standard InChI is InChI=1S/C17H35NO12P2.C17H33NO6/c1-3-5-6-7-8-9-10-18(15(21)4-2)11-13(19)16(22)17(30-32(26,27)28)14(20)12-29-31(23,24)25;1-3-5-6-7-8-9-10-18(15(22)4-2)11-13(20)16(23)17(24)14(21)12-19/h4,13-14,16-17,19-20,22H,2-3,5-12H2,1H3,(H2,23,24,25)(H2,26,27,28);4,13-14,16-17,19-21,23-24H,2-3,5-12H2,1H3/t2*13-,14+,16+,17+/m00/s1. The molecule has 0 aliphatic carbocycles. The lowest BCUT2D eigenvalue weighted by molar-refractivity contribution is -0.136. The van der Waals surface area contributed by atoms with Crippen LogP contribution in [-0.4, -0.2) is 170 Å². The summed E-state index contributed by atoms with van der Waals surface area (Å²) in [4.78, 5) is 61.9. The molecule has 12 N–H and O–H groups in total. The Morgan fingerprint density at radius 3 is 1.32 bits per heavy atom. The number of aliphatic hydroxyl groups excluding tert-OH is 8. The highest BCUT2D eigenvalue weighted by molar-refractivity contribution is 7.46. The van der Waals surface area contributed by atoms with Crippen molar-refractivity contribution in [2.24, 2.45) is 0 Å². The van der Waals surface area contributed by atoms with Gasteiger partial charge in [0.2, 0.25) is 11.8 Å². The van der Waals surface area contributed by atoms with Crippen LogP contribution in [0.3, 0.4) is 0 Å².